The second kappa shape index (κ2) is 10.9. The molecule has 1 N–H and O–H groups in total. The van der Waals surface area contributed by atoms with Crippen molar-refractivity contribution >= 4 is 11.6 Å². The molecule has 2 aromatic carbocycles. The molecule has 184 valence electrons. The molecule has 1 saturated heterocycles. The number of pyridine rings is 1. The van der Waals surface area contributed by atoms with Crippen LogP contribution in [0.4, 0.5) is 10.1 Å². The van der Waals surface area contributed by atoms with Gasteiger partial charge in [-0.05, 0) is 56.3 Å². The Bertz CT molecular complexity index is 1250. The van der Waals surface area contributed by atoms with Gasteiger partial charge in [0.25, 0.3) is 11.5 Å². The van der Waals surface area contributed by atoms with E-state index in [4.69, 9.17) is 0 Å². The van der Waals surface area contributed by atoms with Crippen LogP contribution in [0.3, 0.4) is 0 Å². The number of piperazine rings is 1. The Morgan fingerprint density at radius 2 is 1.83 bits per heavy atom. The summed E-state index contributed by atoms with van der Waals surface area (Å²) < 4.78 is 15.7. The Balaban J connectivity index is 1.53. The van der Waals surface area contributed by atoms with Crippen LogP contribution in [0.25, 0.3) is 0 Å². The predicted molar refractivity (Wildman–Crippen MR) is 138 cm³/mol. The zero-order chi connectivity index (χ0) is 24.9. The van der Waals surface area contributed by atoms with E-state index in [1.165, 1.54) is 22.8 Å². The maximum Gasteiger partial charge on any atom is 0.263 e. The molecule has 1 fully saturated rings. The number of amides is 1. The van der Waals surface area contributed by atoms with Gasteiger partial charge in [0.05, 0.1) is 12.6 Å². The number of nitrogens with one attached hydrogen (secondary N) is 1. The quantitative estimate of drug-likeness (QED) is 0.561. The maximum atomic E-state index is 14.2. The predicted octanol–water partition coefficient (Wildman–Crippen LogP) is 3.98. The number of benzene rings is 2. The Morgan fingerprint density at radius 1 is 1.06 bits per heavy atom. The van der Waals surface area contributed by atoms with Crippen LogP contribution in [-0.2, 0) is 6.54 Å². The van der Waals surface area contributed by atoms with Gasteiger partial charge in [0.1, 0.15) is 11.4 Å². The summed E-state index contributed by atoms with van der Waals surface area (Å²) in [5.41, 5.74) is 3.44. The second-order valence-corrected chi connectivity index (χ2v) is 9.16. The van der Waals surface area contributed by atoms with Crippen molar-refractivity contribution in [1.29, 1.82) is 0 Å². The fraction of sp³-hybridized carbons (Fsp3) is 0.357. The van der Waals surface area contributed by atoms with Crippen molar-refractivity contribution in [2.45, 2.75) is 33.4 Å². The lowest BCUT2D eigenvalue weighted by Gasteiger charge is -2.37. The van der Waals surface area contributed by atoms with E-state index in [2.05, 4.69) is 22.0 Å². The number of hydrogen-bond acceptors (Lipinski definition) is 4. The third-order valence-electron chi connectivity index (χ3n) is 6.66. The zero-order valence-corrected chi connectivity index (χ0v) is 20.6. The van der Waals surface area contributed by atoms with Crippen LogP contribution in [0.15, 0.2) is 65.6 Å². The van der Waals surface area contributed by atoms with E-state index in [0.717, 1.165) is 49.5 Å². The van der Waals surface area contributed by atoms with Crippen LogP contribution in [-0.4, -0.2) is 48.1 Å². The molecule has 1 unspecified atom stereocenters. The molecule has 35 heavy (non-hydrogen) atoms. The largest absolute Gasteiger partial charge is 0.369 e. The van der Waals surface area contributed by atoms with Crippen LogP contribution < -0.4 is 15.8 Å². The molecular formula is C28H33FN4O2. The number of aromatic nitrogens is 1. The minimum atomic E-state index is -0.470. The molecule has 0 aliphatic carbocycles. The number of anilines is 1. The zero-order valence-electron chi connectivity index (χ0n) is 20.6. The summed E-state index contributed by atoms with van der Waals surface area (Å²) in [5.74, 6) is -0.815. The van der Waals surface area contributed by atoms with E-state index in [1.807, 2.05) is 38.1 Å². The highest BCUT2D eigenvalue weighted by atomic mass is 19.1. The minimum Gasteiger partial charge on any atom is -0.369 e. The first-order valence-corrected chi connectivity index (χ1v) is 12.2. The van der Waals surface area contributed by atoms with E-state index >= 15 is 0 Å². The second-order valence-electron chi connectivity index (χ2n) is 9.16. The van der Waals surface area contributed by atoms with Gasteiger partial charge < -0.3 is 19.7 Å². The highest BCUT2D eigenvalue weighted by molar-refractivity contribution is 5.94. The van der Waals surface area contributed by atoms with Gasteiger partial charge in [0.15, 0.2) is 0 Å². The number of likely N-dealkylation sites (N-methyl/N-ethyl adjacent to an activating group) is 1. The number of rotatable bonds is 7. The lowest BCUT2D eigenvalue weighted by Crippen LogP contribution is -2.46. The van der Waals surface area contributed by atoms with E-state index < -0.39 is 11.9 Å². The third-order valence-corrected chi connectivity index (χ3v) is 6.66. The van der Waals surface area contributed by atoms with Gasteiger partial charge in [-0.15, -0.1) is 0 Å². The molecule has 6 nitrogen and oxygen atoms in total. The lowest BCUT2D eigenvalue weighted by molar-refractivity contribution is 0.0937. The van der Waals surface area contributed by atoms with Crippen LogP contribution in [0.1, 0.15) is 46.9 Å². The van der Waals surface area contributed by atoms with Gasteiger partial charge in [-0.3, -0.25) is 9.59 Å². The van der Waals surface area contributed by atoms with Gasteiger partial charge in [-0.1, -0.05) is 36.8 Å². The Kier molecular flexibility index (Phi) is 7.66. The summed E-state index contributed by atoms with van der Waals surface area (Å²) in [7, 11) is 0. The highest BCUT2D eigenvalue weighted by Crippen LogP contribution is 2.28. The summed E-state index contributed by atoms with van der Waals surface area (Å²) in [6, 6.07) is 15.4. The molecule has 3 aromatic rings. The normalized spacial score (nSPS) is 15.1. The van der Waals surface area contributed by atoms with Crippen molar-refractivity contribution in [1.82, 2.24) is 14.8 Å². The topological polar surface area (TPSA) is 57.6 Å². The molecule has 0 spiro atoms. The number of aryl methyl sites for hydroxylation is 1. The molecule has 4 rings (SSSR count). The van der Waals surface area contributed by atoms with Crippen molar-refractivity contribution in [3.63, 3.8) is 0 Å². The van der Waals surface area contributed by atoms with Crippen LogP contribution in [0.5, 0.6) is 0 Å². The summed E-state index contributed by atoms with van der Waals surface area (Å²) in [6.07, 6.45) is 1.69. The molecule has 1 aliphatic rings. The number of carbonyl (C=O) groups excluding carboxylic acids is 1. The molecule has 0 radical (unpaired) electrons. The van der Waals surface area contributed by atoms with Crippen molar-refractivity contribution in [2.75, 3.05) is 37.6 Å². The summed E-state index contributed by atoms with van der Waals surface area (Å²) >= 11 is 0. The molecule has 1 amide bonds. The van der Waals surface area contributed by atoms with E-state index in [-0.39, 0.29) is 16.9 Å². The first kappa shape index (κ1) is 24.7. The van der Waals surface area contributed by atoms with Gasteiger partial charge in [-0.2, -0.15) is 0 Å². The molecule has 2 heterocycles. The first-order valence-electron chi connectivity index (χ1n) is 12.2. The molecule has 1 atom stereocenters. The first-order chi connectivity index (χ1) is 16.9. The van der Waals surface area contributed by atoms with Gasteiger partial charge >= 0.3 is 0 Å². The number of nitrogens with zero attached hydrogens (tertiary/aromatic N) is 3. The Morgan fingerprint density at radius 3 is 2.54 bits per heavy atom. The minimum absolute atomic E-state index is 0.0708. The lowest BCUT2D eigenvalue weighted by atomic mass is 10.0. The van der Waals surface area contributed by atoms with E-state index in [1.54, 1.807) is 18.3 Å². The number of halogens is 1. The molecule has 1 aromatic heterocycles. The van der Waals surface area contributed by atoms with Gasteiger partial charge in [-0.25, -0.2) is 4.39 Å². The van der Waals surface area contributed by atoms with Crippen LogP contribution >= 0.6 is 0 Å². The average Bonchev–Trinajstić information content (AvgIpc) is 2.85. The maximum absolute atomic E-state index is 14.2. The summed E-state index contributed by atoms with van der Waals surface area (Å²) in [5, 5.41) is 2.92. The van der Waals surface area contributed by atoms with Crippen LogP contribution in [0, 0.1) is 12.7 Å². The van der Waals surface area contributed by atoms with Crippen LogP contribution in [0.2, 0.25) is 0 Å². The molecular weight excluding hydrogens is 443 g/mol. The van der Waals surface area contributed by atoms with Crippen molar-refractivity contribution in [2.24, 2.45) is 0 Å². The van der Waals surface area contributed by atoms with E-state index in [0.29, 0.717) is 12.1 Å². The summed E-state index contributed by atoms with van der Waals surface area (Å²) in [4.78, 5) is 30.8. The molecule has 0 bridgehead atoms. The fourth-order valence-electron chi connectivity index (χ4n) is 4.66. The number of carbonyl (C=O) groups is 1. The SMILES string of the molecule is CCN1CCN(c2ccc(F)cc2C(C)NC(=O)c2cccn(Cc3cccc(C)c3)c2=O)CC1. The Labute approximate surface area is 206 Å². The van der Waals surface area contributed by atoms with Gasteiger partial charge in [0.2, 0.25) is 0 Å². The smallest absolute Gasteiger partial charge is 0.263 e. The van der Waals surface area contributed by atoms with Crippen molar-refractivity contribution in [3.8, 4) is 0 Å². The Hall–Kier alpha value is -3.45. The summed E-state index contributed by atoms with van der Waals surface area (Å²) in [6.45, 7) is 10.9. The average molecular weight is 477 g/mol. The molecule has 0 saturated carbocycles. The van der Waals surface area contributed by atoms with E-state index in [9.17, 15) is 14.0 Å². The van der Waals surface area contributed by atoms with Crippen molar-refractivity contribution in [3.05, 3.63) is 99.2 Å². The number of hydrogen-bond donors (Lipinski definition) is 1. The third kappa shape index (κ3) is 5.80. The standard InChI is InChI=1S/C28H33FN4O2/c1-4-31-13-15-32(16-14-31)26-11-10-23(29)18-25(26)21(3)30-27(34)24-9-6-12-33(28(24)35)19-22-8-5-7-20(2)17-22/h5-12,17-18,21H,4,13-16,19H2,1-3H3,(H,30,34). The molecule has 1 aliphatic heterocycles. The fourth-order valence-corrected chi connectivity index (χ4v) is 4.66. The van der Waals surface area contributed by atoms with Gasteiger partial charge in [0, 0.05) is 43.6 Å². The molecule has 7 heteroatoms. The monoisotopic (exact) mass is 476 g/mol. The highest BCUT2D eigenvalue weighted by Gasteiger charge is 2.23. The van der Waals surface area contributed by atoms with Crippen molar-refractivity contribution < 1.29 is 9.18 Å².